The van der Waals surface area contributed by atoms with Crippen molar-refractivity contribution in [2.75, 3.05) is 0 Å². The van der Waals surface area contributed by atoms with Gasteiger partial charge >= 0.3 is 11.9 Å². The Bertz CT molecular complexity index is 794. The van der Waals surface area contributed by atoms with Gasteiger partial charge in [-0.05, 0) is 43.7 Å². The quantitative estimate of drug-likeness (QED) is 0.880. The number of nitrogens with zero attached hydrogens (tertiary/aromatic N) is 2. The zero-order valence-electron chi connectivity index (χ0n) is 13.5. The molecule has 126 valence electrons. The van der Waals surface area contributed by atoms with Crippen LogP contribution in [0.15, 0.2) is 24.3 Å². The van der Waals surface area contributed by atoms with Gasteiger partial charge in [0.2, 0.25) is 0 Å². The molecule has 0 amide bonds. The molecule has 2 aromatic rings. The Kier molecular flexibility index (Phi) is 4.38. The summed E-state index contributed by atoms with van der Waals surface area (Å²) in [6.45, 7) is 1.99. The molecule has 6 nitrogen and oxygen atoms in total. The minimum atomic E-state index is -0.995. The maximum Gasteiger partial charge on any atom is 0.337 e. The Morgan fingerprint density at radius 2 is 2.04 bits per heavy atom. The Hall–Kier alpha value is -2.63. The third-order valence-electron chi connectivity index (χ3n) is 4.59. The molecule has 1 atom stereocenters. The van der Waals surface area contributed by atoms with Gasteiger partial charge in [0.1, 0.15) is 0 Å². The van der Waals surface area contributed by atoms with Crippen molar-refractivity contribution >= 4 is 11.9 Å². The lowest BCUT2D eigenvalue weighted by molar-refractivity contribution is -0.137. The first-order valence-electron chi connectivity index (χ1n) is 8.18. The normalized spacial score (nSPS) is 16.6. The Morgan fingerprint density at radius 3 is 2.71 bits per heavy atom. The molecule has 0 saturated heterocycles. The maximum absolute atomic E-state index is 11.5. The largest absolute Gasteiger partial charge is 0.481 e. The zero-order valence-corrected chi connectivity index (χ0v) is 13.5. The van der Waals surface area contributed by atoms with E-state index in [0.717, 1.165) is 36.2 Å². The molecular formula is C18H20N2O4. The second kappa shape index (κ2) is 6.47. The van der Waals surface area contributed by atoms with Crippen LogP contribution >= 0.6 is 0 Å². The molecule has 0 radical (unpaired) electrons. The van der Waals surface area contributed by atoms with Gasteiger partial charge in [-0.1, -0.05) is 19.1 Å². The summed E-state index contributed by atoms with van der Waals surface area (Å²) in [5, 5.41) is 23.3. The number of aromatic carboxylic acids is 1. The second-order valence-corrected chi connectivity index (χ2v) is 6.08. The summed E-state index contributed by atoms with van der Waals surface area (Å²) >= 11 is 0. The van der Waals surface area contributed by atoms with E-state index in [0.29, 0.717) is 12.1 Å². The third-order valence-corrected chi connectivity index (χ3v) is 4.59. The molecule has 1 aromatic carbocycles. The molecule has 0 fully saturated rings. The van der Waals surface area contributed by atoms with Crippen LogP contribution in [0.1, 0.15) is 59.4 Å². The number of aliphatic carboxylic acids is 1. The van der Waals surface area contributed by atoms with Crippen LogP contribution in [0.3, 0.4) is 0 Å². The Balaban J connectivity index is 2.17. The molecule has 1 aliphatic carbocycles. The maximum atomic E-state index is 11.5. The molecule has 1 aromatic heterocycles. The number of hydrogen-bond donors (Lipinski definition) is 2. The summed E-state index contributed by atoms with van der Waals surface area (Å²) in [5.41, 5.74) is 3.57. The van der Waals surface area contributed by atoms with Crippen molar-refractivity contribution < 1.29 is 19.8 Å². The van der Waals surface area contributed by atoms with Gasteiger partial charge in [-0.25, -0.2) is 9.48 Å². The van der Waals surface area contributed by atoms with Crippen LogP contribution in [0.4, 0.5) is 0 Å². The minimum Gasteiger partial charge on any atom is -0.481 e. The first-order valence-corrected chi connectivity index (χ1v) is 8.18. The average molecular weight is 328 g/mol. The van der Waals surface area contributed by atoms with E-state index in [4.69, 9.17) is 0 Å². The van der Waals surface area contributed by atoms with Gasteiger partial charge in [0, 0.05) is 11.3 Å². The van der Waals surface area contributed by atoms with Gasteiger partial charge in [-0.3, -0.25) is 4.79 Å². The predicted octanol–water partition coefficient (Wildman–Crippen LogP) is 3.03. The van der Waals surface area contributed by atoms with Gasteiger partial charge in [0.15, 0.2) is 0 Å². The predicted molar refractivity (Wildman–Crippen MR) is 87.8 cm³/mol. The van der Waals surface area contributed by atoms with E-state index in [-0.39, 0.29) is 17.9 Å². The standard InChI is InChI=1S/C18H20N2O4/c1-2-13-17-11(10-16(21)22)6-5-9-15(17)20(19-13)14-8-4-3-7-12(14)18(23)24/h3-4,7-8,11H,2,5-6,9-10H2,1H3,(H,21,22)(H,23,24). The van der Waals surface area contributed by atoms with Crippen LogP contribution in [-0.4, -0.2) is 31.9 Å². The number of aromatic nitrogens is 2. The first kappa shape index (κ1) is 16.2. The molecule has 1 heterocycles. The summed E-state index contributed by atoms with van der Waals surface area (Å²) < 4.78 is 1.71. The van der Waals surface area contributed by atoms with E-state index in [1.54, 1.807) is 28.9 Å². The van der Waals surface area contributed by atoms with E-state index >= 15 is 0 Å². The lowest BCUT2D eigenvalue weighted by Crippen LogP contribution is -2.16. The molecule has 2 N–H and O–H groups in total. The summed E-state index contributed by atoms with van der Waals surface area (Å²) in [4.78, 5) is 22.7. The number of rotatable bonds is 5. The van der Waals surface area contributed by atoms with Crippen molar-refractivity contribution in [2.45, 2.75) is 44.9 Å². The minimum absolute atomic E-state index is 0.0491. The van der Waals surface area contributed by atoms with Crippen molar-refractivity contribution in [3.63, 3.8) is 0 Å². The van der Waals surface area contributed by atoms with Gasteiger partial charge in [0.25, 0.3) is 0 Å². The number of aryl methyl sites for hydroxylation is 1. The van der Waals surface area contributed by atoms with E-state index in [9.17, 15) is 19.8 Å². The number of fused-ring (bicyclic) bond motifs is 1. The van der Waals surface area contributed by atoms with Crippen LogP contribution in [0, 0.1) is 0 Å². The Morgan fingerprint density at radius 1 is 1.29 bits per heavy atom. The topological polar surface area (TPSA) is 92.4 Å². The van der Waals surface area contributed by atoms with E-state index in [1.165, 1.54) is 0 Å². The zero-order chi connectivity index (χ0) is 17.3. The molecule has 1 unspecified atom stereocenters. The summed E-state index contributed by atoms with van der Waals surface area (Å²) in [6.07, 6.45) is 3.28. The Labute approximate surface area is 139 Å². The highest BCUT2D eigenvalue weighted by molar-refractivity contribution is 5.91. The molecule has 0 spiro atoms. The first-order chi connectivity index (χ1) is 11.5. The van der Waals surface area contributed by atoms with Crippen molar-refractivity contribution in [2.24, 2.45) is 0 Å². The highest BCUT2D eigenvalue weighted by Crippen LogP contribution is 2.38. The molecule has 1 aliphatic rings. The molecule has 0 saturated carbocycles. The van der Waals surface area contributed by atoms with Crippen molar-refractivity contribution in [3.05, 3.63) is 46.8 Å². The van der Waals surface area contributed by atoms with Crippen LogP contribution < -0.4 is 0 Å². The number of carboxylic acid groups (broad SMARTS) is 2. The number of para-hydroxylation sites is 1. The van der Waals surface area contributed by atoms with Crippen LogP contribution in [0.25, 0.3) is 5.69 Å². The fourth-order valence-electron chi connectivity index (χ4n) is 3.60. The fourth-order valence-corrected chi connectivity index (χ4v) is 3.60. The van der Waals surface area contributed by atoms with Gasteiger partial charge < -0.3 is 10.2 Å². The van der Waals surface area contributed by atoms with Crippen molar-refractivity contribution in [3.8, 4) is 5.69 Å². The molecular weight excluding hydrogens is 308 g/mol. The van der Waals surface area contributed by atoms with Gasteiger partial charge in [0.05, 0.1) is 23.4 Å². The van der Waals surface area contributed by atoms with Crippen LogP contribution in [0.5, 0.6) is 0 Å². The van der Waals surface area contributed by atoms with Crippen molar-refractivity contribution in [1.29, 1.82) is 0 Å². The van der Waals surface area contributed by atoms with E-state index in [2.05, 4.69) is 5.10 Å². The van der Waals surface area contributed by atoms with Gasteiger partial charge in [-0.2, -0.15) is 5.10 Å². The van der Waals surface area contributed by atoms with E-state index < -0.39 is 11.9 Å². The lowest BCUT2D eigenvalue weighted by atomic mass is 9.82. The second-order valence-electron chi connectivity index (χ2n) is 6.08. The van der Waals surface area contributed by atoms with Crippen LogP contribution in [0.2, 0.25) is 0 Å². The number of benzene rings is 1. The van der Waals surface area contributed by atoms with Crippen LogP contribution in [-0.2, 0) is 17.6 Å². The molecule has 24 heavy (non-hydrogen) atoms. The lowest BCUT2D eigenvalue weighted by Gasteiger charge is -2.23. The number of carboxylic acids is 2. The smallest absolute Gasteiger partial charge is 0.337 e. The van der Waals surface area contributed by atoms with Gasteiger partial charge in [-0.15, -0.1) is 0 Å². The summed E-state index contributed by atoms with van der Waals surface area (Å²) in [7, 11) is 0. The molecule has 6 heteroatoms. The SMILES string of the molecule is CCc1nn(-c2ccccc2C(=O)O)c2c1C(CC(=O)O)CCC2. The summed E-state index contributed by atoms with van der Waals surface area (Å²) in [5.74, 6) is -1.86. The molecule has 0 aliphatic heterocycles. The number of hydrogen-bond acceptors (Lipinski definition) is 3. The highest BCUT2D eigenvalue weighted by Gasteiger charge is 2.30. The number of carbonyl (C=O) groups is 2. The molecule has 0 bridgehead atoms. The third kappa shape index (κ3) is 2.79. The van der Waals surface area contributed by atoms with E-state index in [1.807, 2.05) is 6.92 Å². The highest BCUT2D eigenvalue weighted by atomic mass is 16.4. The monoisotopic (exact) mass is 328 g/mol. The average Bonchev–Trinajstić information content (AvgIpc) is 2.94. The molecule has 3 rings (SSSR count). The van der Waals surface area contributed by atoms with Crippen molar-refractivity contribution in [1.82, 2.24) is 9.78 Å². The fraction of sp³-hybridized carbons (Fsp3) is 0.389. The summed E-state index contributed by atoms with van der Waals surface area (Å²) in [6, 6.07) is 6.79.